The van der Waals surface area contributed by atoms with Crippen molar-refractivity contribution in [3.05, 3.63) is 118 Å². The lowest BCUT2D eigenvalue weighted by Crippen LogP contribution is -2.26. The van der Waals surface area contributed by atoms with Crippen LogP contribution < -0.4 is 10.6 Å². The third-order valence-electron chi connectivity index (χ3n) is 7.91. The first-order valence-electron chi connectivity index (χ1n) is 12.2. The molecule has 0 aliphatic carbocycles. The van der Waals surface area contributed by atoms with Crippen LogP contribution in [0.25, 0.3) is 0 Å². The second kappa shape index (κ2) is 7.24. The molecule has 0 spiro atoms. The van der Waals surface area contributed by atoms with Gasteiger partial charge in [-0.1, -0.05) is 87.9 Å². The molecule has 170 valence electrons. The Bertz CT molecular complexity index is 1440. The first kappa shape index (κ1) is 21.0. The minimum atomic E-state index is -0.0383. The largest absolute Gasteiger partial charge is 0.355 e. The molecule has 2 heteroatoms. The van der Waals surface area contributed by atoms with E-state index in [-0.39, 0.29) is 10.8 Å². The maximum atomic E-state index is 3.67. The van der Waals surface area contributed by atoms with Gasteiger partial charge in [0.05, 0.1) is 0 Å². The molecule has 4 aromatic carbocycles. The molecule has 2 aliphatic heterocycles. The van der Waals surface area contributed by atoms with Crippen LogP contribution in [0, 0.1) is 6.92 Å². The molecule has 2 N–H and O–H groups in total. The summed E-state index contributed by atoms with van der Waals surface area (Å²) in [5, 5.41) is 7.31. The fourth-order valence-electron chi connectivity index (χ4n) is 5.89. The zero-order valence-corrected chi connectivity index (χ0v) is 20.7. The topological polar surface area (TPSA) is 24.1 Å². The van der Waals surface area contributed by atoms with Crippen LogP contribution in [0.4, 0.5) is 22.7 Å². The van der Waals surface area contributed by atoms with Gasteiger partial charge in [0.25, 0.3) is 0 Å². The average molecular weight is 445 g/mol. The summed E-state index contributed by atoms with van der Waals surface area (Å²) >= 11 is 0. The summed E-state index contributed by atoms with van der Waals surface area (Å²) in [5.74, 6) is 0. The Morgan fingerprint density at radius 3 is 1.62 bits per heavy atom. The van der Waals surface area contributed by atoms with Gasteiger partial charge in [0.15, 0.2) is 0 Å². The SMILES string of the molecule is Cc1ccc2c(c1)C(C)(C)c1cc(Cc3ccc4c(c3)C(C)(C)c3ccccc3N4)ccc1N2. The summed E-state index contributed by atoms with van der Waals surface area (Å²) in [6.07, 6.45) is 0.926. The van der Waals surface area contributed by atoms with Crippen molar-refractivity contribution in [1.82, 2.24) is 0 Å². The van der Waals surface area contributed by atoms with E-state index in [1.54, 1.807) is 0 Å². The molecule has 0 saturated carbocycles. The van der Waals surface area contributed by atoms with Crippen LogP contribution in [0.15, 0.2) is 78.9 Å². The van der Waals surface area contributed by atoms with Gasteiger partial charge in [-0.25, -0.2) is 0 Å². The maximum absolute atomic E-state index is 3.67. The number of hydrogen-bond acceptors (Lipinski definition) is 2. The van der Waals surface area contributed by atoms with E-state index in [0.29, 0.717) is 0 Å². The molecular weight excluding hydrogens is 412 g/mol. The zero-order valence-electron chi connectivity index (χ0n) is 20.7. The number of benzene rings is 4. The Labute approximate surface area is 203 Å². The summed E-state index contributed by atoms with van der Waals surface area (Å²) in [6, 6.07) is 29.3. The highest BCUT2D eigenvalue weighted by molar-refractivity contribution is 5.77. The molecule has 0 saturated heterocycles. The highest BCUT2D eigenvalue weighted by Crippen LogP contribution is 2.47. The molecule has 0 radical (unpaired) electrons. The van der Waals surface area contributed by atoms with Crippen LogP contribution in [-0.2, 0) is 17.3 Å². The highest BCUT2D eigenvalue weighted by atomic mass is 14.9. The zero-order chi connectivity index (χ0) is 23.7. The third kappa shape index (κ3) is 3.16. The lowest BCUT2D eigenvalue weighted by Gasteiger charge is -2.36. The van der Waals surface area contributed by atoms with Gasteiger partial charge >= 0.3 is 0 Å². The van der Waals surface area contributed by atoms with E-state index >= 15 is 0 Å². The van der Waals surface area contributed by atoms with Gasteiger partial charge in [-0.2, -0.15) is 0 Å². The predicted octanol–water partition coefficient (Wildman–Crippen LogP) is 8.35. The van der Waals surface area contributed by atoms with Gasteiger partial charge in [0, 0.05) is 33.6 Å². The second-order valence-electron chi connectivity index (χ2n) is 11.0. The monoisotopic (exact) mass is 444 g/mol. The first-order chi connectivity index (χ1) is 16.2. The molecule has 0 bridgehead atoms. The van der Waals surface area contributed by atoms with E-state index in [1.165, 1.54) is 61.7 Å². The minimum absolute atomic E-state index is 0.0312. The van der Waals surface area contributed by atoms with Crippen LogP contribution in [0.2, 0.25) is 0 Å². The molecule has 0 aromatic heterocycles. The second-order valence-corrected chi connectivity index (χ2v) is 11.0. The Balaban J connectivity index is 1.35. The van der Waals surface area contributed by atoms with E-state index < -0.39 is 0 Å². The number of nitrogens with one attached hydrogen (secondary N) is 2. The molecule has 2 heterocycles. The summed E-state index contributed by atoms with van der Waals surface area (Å²) in [4.78, 5) is 0. The standard InChI is InChI=1S/C32H32N2/c1-20-10-13-28-24(16-20)32(4,5)26-19-22(12-15-30(26)34-28)17-21-11-14-29-25(18-21)31(2,3)23-8-6-7-9-27(23)33-29/h6-16,18-19,33-34H,17H2,1-5H3. The molecule has 4 aromatic rings. The lowest BCUT2D eigenvalue weighted by atomic mass is 9.73. The van der Waals surface area contributed by atoms with Crippen LogP contribution >= 0.6 is 0 Å². The van der Waals surface area contributed by atoms with Crippen LogP contribution in [0.1, 0.15) is 66.6 Å². The van der Waals surface area contributed by atoms with Gasteiger partial charge in [-0.3, -0.25) is 0 Å². The Hall–Kier alpha value is -3.52. The summed E-state index contributed by atoms with van der Waals surface area (Å²) in [6.45, 7) is 11.5. The van der Waals surface area contributed by atoms with Crippen molar-refractivity contribution >= 4 is 22.7 Å². The number of anilines is 4. The van der Waals surface area contributed by atoms with Crippen molar-refractivity contribution < 1.29 is 0 Å². The van der Waals surface area contributed by atoms with Crippen molar-refractivity contribution in [1.29, 1.82) is 0 Å². The van der Waals surface area contributed by atoms with Gasteiger partial charge < -0.3 is 10.6 Å². The predicted molar refractivity (Wildman–Crippen MR) is 144 cm³/mol. The van der Waals surface area contributed by atoms with Crippen LogP contribution in [0.5, 0.6) is 0 Å². The first-order valence-corrected chi connectivity index (χ1v) is 12.2. The third-order valence-corrected chi connectivity index (χ3v) is 7.91. The normalized spacial score (nSPS) is 16.3. The van der Waals surface area contributed by atoms with Gasteiger partial charge in [0.1, 0.15) is 0 Å². The van der Waals surface area contributed by atoms with Crippen LogP contribution in [-0.4, -0.2) is 0 Å². The fraction of sp³-hybridized carbons (Fsp3) is 0.250. The van der Waals surface area contributed by atoms with Crippen LogP contribution in [0.3, 0.4) is 0 Å². The van der Waals surface area contributed by atoms with E-state index in [0.717, 1.165) is 6.42 Å². The van der Waals surface area contributed by atoms with Gasteiger partial charge in [-0.05, 0) is 71.0 Å². The average Bonchev–Trinajstić information content (AvgIpc) is 2.81. The van der Waals surface area contributed by atoms with E-state index in [4.69, 9.17) is 0 Å². The lowest BCUT2D eigenvalue weighted by molar-refractivity contribution is 0.635. The smallest absolute Gasteiger partial charge is 0.0426 e. The van der Waals surface area contributed by atoms with Crippen molar-refractivity contribution in [2.24, 2.45) is 0 Å². The maximum Gasteiger partial charge on any atom is 0.0426 e. The molecule has 0 fully saturated rings. The molecule has 2 aliphatic rings. The Morgan fingerprint density at radius 2 is 1.00 bits per heavy atom. The summed E-state index contributed by atoms with van der Waals surface area (Å²) in [7, 11) is 0. The van der Waals surface area contributed by atoms with Gasteiger partial charge in [-0.15, -0.1) is 0 Å². The minimum Gasteiger partial charge on any atom is -0.355 e. The quantitative estimate of drug-likeness (QED) is 0.324. The summed E-state index contributed by atoms with van der Waals surface area (Å²) in [5.41, 5.74) is 14.3. The molecule has 0 atom stereocenters. The van der Waals surface area contributed by atoms with E-state index in [1.807, 2.05) is 0 Å². The molecule has 34 heavy (non-hydrogen) atoms. The van der Waals surface area contributed by atoms with Crippen molar-refractivity contribution in [3.8, 4) is 0 Å². The van der Waals surface area contributed by atoms with Crippen molar-refractivity contribution in [3.63, 3.8) is 0 Å². The van der Waals surface area contributed by atoms with Gasteiger partial charge in [0.2, 0.25) is 0 Å². The molecule has 6 rings (SSSR count). The molecule has 2 nitrogen and oxygen atoms in total. The number of para-hydroxylation sites is 1. The Kier molecular flexibility index (Phi) is 4.48. The van der Waals surface area contributed by atoms with Crippen molar-refractivity contribution in [2.75, 3.05) is 10.6 Å². The Morgan fingerprint density at radius 1 is 0.529 bits per heavy atom. The van der Waals surface area contributed by atoms with E-state index in [9.17, 15) is 0 Å². The van der Waals surface area contributed by atoms with Crippen molar-refractivity contribution in [2.45, 2.75) is 51.9 Å². The number of fused-ring (bicyclic) bond motifs is 4. The molecule has 0 unspecified atom stereocenters. The molecular formula is C32H32N2. The highest BCUT2D eigenvalue weighted by Gasteiger charge is 2.34. The van der Waals surface area contributed by atoms with E-state index in [2.05, 4.69) is 124 Å². The fourth-order valence-corrected chi connectivity index (χ4v) is 5.89. The number of aryl methyl sites for hydroxylation is 1. The summed E-state index contributed by atoms with van der Waals surface area (Å²) < 4.78 is 0. The number of hydrogen-bond donors (Lipinski definition) is 2. The molecule has 0 amide bonds. The number of rotatable bonds is 2.